The molecule has 4 nitrogen and oxygen atoms in total. The van der Waals surface area contributed by atoms with E-state index in [1.807, 2.05) is 13.0 Å². The number of hydrogen-bond acceptors (Lipinski definition) is 3. The second-order valence-corrected chi connectivity index (χ2v) is 4.55. The molecule has 0 fully saturated rings. The number of hydrogen-bond donors (Lipinski definition) is 1. The van der Waals surface area contributed by atoms with E-state index >= 15 is 0 Å². The van der Waals surface area contributed by atoms with Crippen LogP contribution in [0.5, 0.6) is 5.75 Å². The number of nitrogens with zero attached hydrogens (tertiary/aromatic N) is 1. The first-order valence-electron chi connectivity index (χ1n) is 6.28. The molecule has 1 heterocycles. The average molecular weight is 287 g/mol. The number of aryl methyl sites for hydroxylation is 1. The van der Waals surface area contributed by atoms with Gasteiger partial charge in [0, 0.05) is 30.1 Å². The Kier molecular flexibility index (Phi) is 4.66. The summed E-state index contributed by atoms with van der Waals surface area (Å²) >= 11 is 0. The Morgan fingerprint density at radius 3 is 2.86 bits per heavy atom. The zero-order valence-electron chi connectivity index (χ0n) is 11.4. The molecule has 0 saturated heterocycles. The molecule has 5 heteroatoms. The summed E-state index contributed by atoms with van der Waals surface area (Å²) in [6.07, 6.45) is 5.67. The molecule has 1 aromatic carbocycles. The number of pyridine rings is 1. The smallest absolute Gasteiger partial charge is 0.328 e. The summed E-state index contributed by atoms with van der Waals surface area (Å²) in [4.78, 5) is 14.5. The fraction of sp³-hybridized carbons (Fsp3) is 0.125. The van der Waals surface area contributed by atoms with Crippen molar-refractivity contribution in [3.8, 4) is 5.75 Å². The van der Waals surface area contributed by atoms with Crippen LogP contribution in [0.3, 0.4) is 0 Å². The highest BCUT2D eigenvalue weighted by atomic mass is 19.1. The Balaban J connectivity index is 2.11. The van der Waals surface area contributed by atoms with Crippen LogP contribution in [-0.4, -0.2) is 16.1 Å². The van der Waals surface area contributed by atoms with Crippen LogP contribution in [0.2, 0.25) is 0 Å². The molecule has 21 heavy (non-hydrogen) atoms. The minimum atomic E-state index is -1.09. The van der Waals surface area contributed by atoms with Gasteiger partial charge < -0.3 is 9.84 Å². The third kappa shape index (κ3) is 4.72. The quantitative estimate of drug-likeness (QED) is 0.858. The summed E-state index contributed by atoms with van der Waals surface area (Å²) in [7, 11) is 0. The van der Waals surface area contributed by atoms with Crippen LogP contribution in [0.4, 0.5) is 4.39 Å². The average Bonchev–Trinajstić information content (AvgIpc) is 2.43. The predicted octanol–water partition coefficient (Wildman–Crippen LogP) is 3.21. The summed E-state index contributed by atoms with van der Waals surface area (Å²) in [5.41, 5.74) is 2.32. The Morgan fingerprint density at radius 2 is 2.14 bits per heavy atom. The lowest BCUT2D eigenvalue weighted by Gasteiger charge is -2.07. The molecule has 0 atom stereocenters. The number of aromatic nitrogens is 1. The van der Waals surface area contributed by atoms with Crippen molar-refractivity contribution in [1.82, 2.24) is 4.98 Å². The Morgan fingerprint density at radius 1 is 1.33 bits per heavy atom. The van der Waals surface area contributed by atoms with Crippen LogP contribution >= 0.6 is 0 Å². The molecule has 1 N–H and O–H groups in total. The van der Waals surface area contributed by atoms with Gasteiger partial charge in [-0.2, -0.15) is 0 Å². The number of carbonyl (C=O) groups is 1. The maximum absolute atomic E-state index is 13.5. The Bertz CT molecular complexity index is 683. The van der Waals surface area contributed by atoms with E-state index in [1.54, 1.807) is 18.5 Å². The summed E-state index contributed by atoms with van der Waals surface area (Å²) in [5.74, 6) is -1.24. The second kappa shape index (κ2) is 6.65. The molecule has 108 valence electrons. The predicted molar refractivity (Wildman–Crippen MR) is 76.4 cm³/mol. The van der Waals surface area contributed by atoms with Gasteiger partial charge in [0.05, 0.1) is 0 Å². The van der Waals surface area contributed by atoms with Crippen molar-refractivity contribution in [2.45, 2.75) is 13.5 Å². The van der Waals surface area contributed by atoms with Gasteiger partial charge in [0.2, 0.25) is 0 Å². The Labute approximate surface area is 121 Å². The van der Waals surface area contributed by atoms with Crippen LogP contribution in [0.25, 0.3) is 6.08 Å². The highest BCUT2D eigenvalue weighted by Gasteiger charge is 2.02. The third-order valence-electron chi connectivity index (χ3n) is 2.65. The van der Waals surface area contributed by atoms with Crippen LogP contribution in [0, 0.1) is 12.7 Å². The van der Waals surface area contributed by atoms with E-state index in [9.17, 15) is 9.18 Å². The van der Waals surface area contributed by atoms with Gasteiger partial charge in [-0.05, 0) is 42.3 Å². The molecular weight excluding hydrogens is 273 g/mol. The largest absolute Gasteiger partial charge is 0.489 e. The van der Waals surface area contributed by atoms with E-state index in [-0.39, 0.29) is 6.61 Å². The summed E-state index contributed by atoms with van der Waals surface area (Å²) in [6, 6.07) is 5.99. The van der Waals surface area contributed by atoms with Gasteiger partial charge in [0.25, 0.3) is 0 Å². The van der Waals surface area contributed by atoms with Crippen molar-refractivity contribution >= 4 is 12.0 Å². The number of carboxylic acid groups (broad SMARTS) is 1. The van der Waals surface area contributed by atoms with Crippen molar-refractivity contribution < 1.29 is 19.0 Å². The maximum Gasteiger partial charge on any atom is 0.328 e. The van der Waals surface area contributed by atoms with Crippen molar-refractivity contribution in [3.63, 3.8) is 0 Å². The van der Waals surface area contributed by atoms with Gasteiger partial charge in [-0.1, -0.05) is 0 Å². The second-order valence-electron chi connectivity index (χ2n) is 4.55. The number of halogens is 1. The van der Waals surface area contributed by atoms with Gasteiger partial charge in [-0.25, -0.2) is 9.18 Å². The van der Waals surface area contributed by atoms with E-state index in [2.05, 4.69) is 4.98 Å². The minimum absolute atomic E-state index is 0.264. The molecule has 0 spiro atoms. The normalized spacial score (nSPS) is 10.8. The van der Waals surface area contributed by atoms with Crippen LogP contribution in [0.1, 0.15) is 16.7 Å². The molecule has 0 radical (unpaired) electrons. The molecule has 2 rings (SSSR count). The van der Waals surface area contributed by atoms with Crippen molar-refractivity contribution in [3.05, 3.63) is 65.2 Å². The zero-order valence-corrected chi connectivity index (χ0v) is 11.4. The lowest BCUT2D eigenvalue weighted by Crippen LogP contribution is -1.97. The molecule has 0 unspecified atom stereocenters. The topological polar surface area (TPSA) is 59.4 Å². The molecule has 0 saturated carbocycles. The van der Waals surface area contributed by atoms with Gasteiger partial charge >= 0.3 is 5.97 Å². The number of aliphatic carboxylic acids is 1. The first-order valence-corrected chi connectivity index (χ1v) is 6.28. The lowest BCUT2D eigenvalue weighted by atomic mass is 10.2. The van der Waals surface area contributed by atoms with Crippen molar-refractivity contribution in [1.29, 1.82) is 0 Å². The third-order valence-corrected chi connectivity index (χ3v) is 2.65. The highest BCUT2D eigenvalue weighted by molar-refractivity contribution is 5.85. The Hall–Kier alpha value is -2.69. The van der Waals surface area contributed by atoms with Gasteiger partial charge in [0.15, 0.2) is 0 Å². The van der Waals surface area contributed by atoms with Crippen molar-refractivity contribution in [2.75, 3.05) is 0 Å². The molecule has 1 aromatic heterocycles. The number of ether oxygens (including phenoxy) is 1. The number of carboxylic acids is 1. The lowest BCUT2D eigenvalue weighted by molar-refractivity contribution is -0.131. The van der Waals surface area contributed by atoms with Crippen LogP contribution in [0.15, 0.2) is 42.7 Å². The fourth-order valence-corrected chi connectivity index (χ4v) is 1.79. The molecule has 0 aliphatic carbocycles. The van der Waals surface area contributed by atoms with Gasteiger partial charge in [-0.15, -0.1) is 0 Å². The SMILES string of the molecule is Cc1cncc(COc2cc(F)cc(/C=C/C(=O)O)c2)c1. The number of rotatable bonds is 5. The van der Waals surface area contributed by atoms with E-state index in [0.717, 1.165) is 17.2 Å². The molecule has 0 amide bonds. The number of benzene rings is 1. The monoisotopic (exact) mass is 287 g/mol. The summed E-state index contributed by atoms with van der Waals surface area (Å²) in [6.45, 7) is 2.19. The van der Waals surface area contributed by atoms with E-state index < -0.39 is 11.8 Å². The molecule has 2 aromatic rings. The van der Waals surface area contributed by atoms with Gasteiger partial charge in [-0.3, -0.25) is 4.98 Å². The van der Waals surface area contributed by atoms with E-state index in [1.165, 1.54) is 18.2 Å². The minimum Gasteiger partial charge on any atom is -0.489 e. The van der Waals surface area contributed by atoms with Crippen LogP contribution in [-0.2, 0) is 11.4 Å². The molecular formula is C16H14FNO3. The standard InChI is InChI=1S/C16H14FNO3/c1-11-4-13(9-18-8-11)10-21-15-6-12(2-3-16(19)20)5-14(17)7-15/h2-9H,10H2,1H3,(H,19,20)/b3-2+. The molecule has 0 aliphatic rings. The summed E-state index contributed by atoms with van der Waals surface area (Å²) < 4.78 is 19.0. The van der Waals surface area contributed by atoms with E-state index in [0.29, 0.717) is 11.3 Å². The van der Waals surface area contributed by atoms with Crippen LogP contribution < -0.4 is 4.74 Å². The molecule has 0 aliphatic heterocycles. The highest BCUT2D eigenvalue weighted by Crippen LogP contribution is 2.19. The molecule has 0 bridgehead atoms. The maximum atomic E-state index is 13.5. The van der Waals surface area contributed by atoms with Crippen molar-refractivity contribution in [2.24, 2.45) is 0 Å². The first-order chi connectivity index (χ1) is 10.0. The zero-order chi connectivity index (χ0) is 15.2. The fourth-order valence-electron chi connectivity index (χ4n) is 1.79. The first kappa shape index (κ1) is 14.7. The summed E-state index contributed by atoms with van der Waals surface area (Å²) in [5, 5.41) is 8.57. The van der Waals surface area contributed by atoms with E-state index in [4.69, 9.17) is 9.84 Å². The van der Waals surface area contributed by atoms with Gasteiger partial charge in [0.1, 0.15) is 18.2 Å².